The zero-order valence-electron chi connectivity index (χ0n) is 16.2. The molecule has 0 atom stereocenters. The van der Waals surface area contributed by atoms with E-state index in [9.17, 15) is 4.79 Å². The van der Waals surface area contributed by atoms with Gasteiger partial charge in [-0.2, -0.15) is 0 Å². The molecule has 0 radical (unpaired) electrons. The van der Waals surface area contributed by atoms with Crippen LogP contribution in [0.3, 0.4) is 0 Å². The number of benzene rings is 2. The summed E-state index contributed by atoms with van der Waals surface area (Å²) in [5.41, 5.74) is 3.61. The predicted molar refractivity (Wildman–Crippen MR) is 111 cm³/mol. The van der Waals surface area contributed by atoms with Crippen molar-refractivity contribution in [2.24, 2.45) is 0 Å². The number of aromatic nitrogens is 1. The lowest BCUT2D eigenvalue weighted by Crippen LogP contribution is -2.14. The molecule has 1 aromatic heterocycles. The second-order valence-corrected chi connectivity index (χ2v) is 7.01. The Kier molecular flexibility index (Phi) is 6.16. The SMILES string of the molecule is COc1ccc(CC(=O)Nc2nc(-c3cc(C)ccc3OC)cs2)cc1OC. The number of aryl methyl sites for hydroxylation is 1. The molecule has 1 amide bonds. The highest BCUT2D eigenvalue weighted by atomic mass is 32.1. The normalized spacial score (nSPS) is 10.4. The third-order valence-corrected chi connectivity index (χ3v) is 4.95. The van der Waals surface area contributed by atoms with Crippen molar-refractivity contribution in [2.75, 3.05) is 26.6 Å². The lowest BCUT2D eigenvalue weighted by molar-refractivity contribution is -0.115. The Balaban J connectivity index is 1.72. The molecule has 2 aromatic carbocycles. The zero-order valence-corrected chi connectivity index (χ0v) is 17.1. The van der Waals surface area contributed by atoms with E-state index in [4.69, 9.17) is 14.2 Å². The van der Waals surface area contributed by atoms with E-state index >= 15 is 0 Å². The maximum absolute atomic E-state index is 12.4. The average molecular weight is 398 g/mol. The van der Waals surface area contributed by atoms with Gasteiger partial charge in [0, 0.05) is 10.9 Å². The van der Waals surface area contributed by atoms with E-state index < -0.39 is 0 Å². The van der Waals surface area contributed by atoms with Gasteiger partial charge in [-0.25, -0.2) is 4.98 Å². The van der Waals surface area contributed by atoms with E-state index in [1.165, 1.54) is 11.3 Å². The van der Waals surface area contributed by atoms with Crippen molar-refractivity contribution in [2.45, 2.75) is 13.3 Å². The summed E-state index contributed by atoms with van der Waals surface area (Å²) in [5.74, 6) is 1.82. The fraction of sp³-hybridized carbons (Fsp3) is 0.238. The van der Waals surface area contributed by atoms with Crippen LogP contribution >= 0.6 is 11.3 Å². The summed E-state index contributed by atoms with van der Waals surface area (Å²) in [7, 11) is 4.78. The van der Waals surface area contributed by atoms with Crippen LogP contribution in [0.15, 0.2) is 41.8 Å². The minimum Gasteiger partial charge on any atom is -0.496 e. The van der Waals surface area contributed by atoms with Crippen molar-refractivity contribution in [3.63, 3.8) is 0 Å². The van der Waals surface area contributed by atoms with Crippen LogP contribution < -0.4 is 19.5 Å². The van der Waals surface area contributed by atoms with Crippen LogP contribution in [0.5, 0.6) is 17.2 Å². The quantitative estimate of drug-likeness (QED) is 0.642. The summed E-state index contributed by atoms with van der Waals surface area (Å²) in [6.07, 6.45) is 0.211. The number of hydrogen-bond acceptors (Lipinski definition) is 6. The number of carbonyl (C=O) groups is 1. The number of carbonyl (C=O) groups excluding carboxylic acids is 1. The van der Waals surface area contributed by atoms with Crippen LogP contribution in [0.25, 0.3) is 11.3 Å². The lowest BCUT2D eigenvalue weighted by atomic mass is 10.1. The second kappa shape index (κ2) is 8.75. The van der Waals surface area contributed by atoms with Gasteiger partial charge in [0.1, 0.15) is 5.75 Å². The molecule has 3 rings (SSSR count). The minimum atomic E-state index is -0.149. The van der Waals surface area contributed by atoms with Gasteiger partial charge in [-0.15, -0.1) is 11.3 Å². The van der Waals surface area contributed by atoms with Gasteiger partial charge in [-0.1, -0.05) is 17.7 Å². The van der Waals surface area contributed by atoms with E-state index in [1.807, 2.05) is 36.6 Å². The van der Waals surface area contributed by atoms with Crippen LogP contribution in [0.2, 0.25) is 0 Å². The fourth-order valence-corrected chi connectivity index (χ4v) is 3.54. The van der Waals surface area contributed by atoms with E-state index in [2.05, 4.69) is 10.3 Å². The first-order valence-electron chi connectivity index (χ1n) is 8.65. The fourth-order valence-electron chi connectivity index (χ4n) is 2.82. The molecule has 0 aliphatic carbocycles. The third kappa shape index (κ3) is 4.43. The van der Waals surface area contributed by atoms with Crippen LogP contribution in [-0.2, 0) is 11.2 Å². The number of methoxy groups -OCH3 is 3. The van der Waals surface area contributed by atoms with Crippen molar-refractivity contribution in [1.82, 2.24) is 4.98 Å². The van der Waals surface area contributed by atoms with Gasteiger partial charge in [-0.3, -0.25) is 4.79 Å². The van der Waals surface area contributed by atoms with Crippen molar-refractivity contribution >= 4 is 22.4 Å². The number of nitrogens with one attached hydrogen (secondary N) is 1. The number of ether oxygens (including phenoxy) is 3. The minimum absolute atomic E-state index is 0.149. The Morgan fingerprint density at radius 3 is 2.43 bits per heavy atom. The van der Waals surface area contributed by atoms with Crippen LogP contribution in [0, 0.1) is 6.92 Å². The van der Waals surface area contributed by atoms with Gasteiger partial charge < -0.3 is 19.5 Å². The smallest absolute Gasteiger partial charge is 0.230 e. The summed E-state index contributed by atoms with van der Waals surface area (Å²) in [5, 5.41) is 5.31. The van der Waals surface area contributed by atoms with Gasteiger partial charge in [0.05, 0.1) is 33.4 Å². The zero-order chi connectivity index (χ0) is 20.1. The van der Waals surface area contributed by atoms with Crippen LogP contribution in [0.1, 0.15) is 11.1 Å². The number of amides is 1. The largest absolute Gasteiger partial charge is 0.496 e. The molecule has 7 heteroatoms. The molecule has 0 saturated carbocycles. The Bertz CT molecular complexity index is 984. The molecule has 28 heavy (non-hydrogen) atoms. The topological polar surface area (TPSA) is 69.7 Å². The van der Waals surface area contributed by atoms with Gasteiger partial charge in [0.2, 0.25) is 5.91 Å². The third-order valence-electron chi connectivity index (χ3n) is 4.19. The maximum Gasteiger partial charge on any atom is 0.230 e. The maximum atomic E-state index is 12.4. The molecule has 6 nitrogen and oxygen atoms in total. The number of rotatable bonds is 7. The van der Waals surface area contributed by atoms with Gasteiger partial charge >= 0.3 is 0 Å². The molecule has 1 heterocycles. The molecule has 0 aliphatic rings. The first-order chi connectivity index (χ1) is 13.5. The second-order valence-electron chi connectivity index (χ2n) is 6.16. The van der Waals surface area contributed by atoms with E-state index in [-0.39, 0.29) is 12.3 Å². The molecule has 0 aliphatic heterocycles. The first-order valence-corrected chi connectivity index (χ1v) is 9.53. The first kappa shape index (κ1) is 19.7. The van der Waals surface area contributed by atoms with E-state index in [1.54, 1.807) is 33.5 Å². The summed E-state index contributed by atoms with van der Waals surface area (Å²) in [6.45, 7) is 2.02. The predicted octanol–water partition coefficient (Wildman–Crippen LogP) is 4.33. The monoisotopic (exact) mass is 398 g/mol. The van der Waals surface area contributed by atoms with Gasteiger partial charge in [0.25, 0.3) is 0 Å². The van der Waals surface area contributed by atoms with Crippen molar-refractivity contribution in [3.05, 3.63) is 52.9 Å². The van der Waals surface area contributed by atoms with Crippen molar-refractivity contribution in [3.8, 4) is 28.5 Å². The highest BCUT2D eigenvalue weighted by Gasteiger charge is 2.13. The molecule has 0 fully saturated rings. The highest BCUT2D eigenvalue weighted by Crippen LogP contribution is 2.33. The van der Waals surface area contributed by atoms with Crippen molar-refractivity contribution < 1.29 is 19.0 Å². The molecule has 0 bridgehead atoms. The van der Waals surface area contributed by atoms with Crippen LogP contribution in [0.4, 0.5) is 5.13 Å². The molecule has 146 valence electrons. The number of anilines is 1. The summed E-state index contributed by atoms with van der Waals surface area (Å²) < 4.78 is 15.9. The summed E-state index contributed by atoms with van der Waals surface area (Å²) in [4.78, 5) is 17.0. The Labute approximate surface area is 168 Å². The molecule has 0 spiro atoms. The Hall–Kier alpha value is -3.06. The molecular formula is C21H22N2O4S. The standard InChI is InChI=1S/C21H22N2O4S/c1-13-5-7-17(25-2)15(9-13)16-12-28-21(22-16)23-20(24)11-14-6-8-18(26-3)19(10-14)27-4/h5-10,12H,11H2,1-4H3,(H,22,23,24). The molecule has 3 aromatic rings. The lowest BCUT2D eigenvalue weighted by Gasteiger charge is -2.09. The van der Waals surface area contributed by atoms with Crippen molar-refractivity contribution in [1.29, 1.82) is 0 Å². The number of hydrogen-bond donors (Lipinski definition) is 1. The average Bonchev–Trinajstić information content (AvgIpc) is 3.15. The molecular weight excluding hydrogens is 376 g/mol. The number of nitrogens with zero attached hydrogens (tertiary/aromatic N) is 1. The molecule has 0 saturated heterocycles. The summed E-state index contributed by atoms with van der Waals surface area (Å²) in [6, 6.07) is 11.3. The van der Waals surface area contributed by atoms with E-state index in [0.717, 1.165) is 28.1 Å². The van der Waals surface area contributed by atoms with Gasteiger partial charge in [0.15, 0.2) is 16.6 Å². The molecule has 1 N–H and O–H groups in total. The highest BCUT2D eigenvalue weighted by molar-refractivity contribution is 7.14. The summed E-state index contributed by atoms with van der Waals surface area (Å²) >= 11 is 1.38. The van der Waals surface area contributed by atoms with E-state index in [0.29, 0.717) is 16.6 Å². The molecule has 0 unspecified atom stereocenters. The van der Waals surface area contributed by atoms with Crippen LogP contribution in [-0.4, -0.2) is 32.2 Å². The Morgan fingerprint density at radius 1 is 1.00 bits per heavy atom. The number of thiazole rings is 1. The Morgan fingerprint density at radius 2 is 1.71 bits per heavy atom. The van der Waals surface area contributed by atoms with Gasteiger partial charge in [-0.05, 0) is 36.8 Å².